The van der Waals surface area contributed by atoms with Crippen molar-refractivity contribution in [2.75, 3.05) is 4.90 Å². The normalized spacial score (nSPS) is 13.0. The molecule has 1 aliphatic rings. The Kier molecular flexibility index (Phi) is 5.08. The van der Waals surface area contributed by atoms with Crippen molar-refractivity contribution >= 4 is 29.4 Å². The van der Waals surface area contributed by atoms with Gasteiger partial charge in [0.25, 0.3) is 5.91 Å². The van der Waals surface area contributed by atoms with Crippen LogP contribution in [0.1, 0.15) is 27.0 Å². The third-order valence-electron chi connectivity index (χ3n) is 4.66. The third-order valence-corrected chi connectivity index (χ3v) is 5.00. The van der Waals surface area contributed by atoms with E-state index in [1.807, 2.05) is 30.3 Å². The van der Waals surface area contributed by atoms with Crippen molar-refractivity contribution in [3.63, 3.8) is 0 Å². The van der Waals surface area contributed by atoms with Crippen molar-refractivity contribution in [2.45, 2.75) is 13.1 Å². The minimum Gasteiger partial charge on any atom is -0.363 e. The molecule has 4 rings (SSSR count). The van der Waals surface area contributed by atoms with E-state index >= 15 is 0 Å². The number of fused-ring (bicyclic) bond motifs is 1. The lowest BCUT2D eigenvalue weighted by Gasteiger charge is -2.17. The van der Waals surface area contributed by atoms with Gasteiger partial charge in [0, 0.05) is 34.9 Å². The molecular weight excluding hydrogens is 377 g/mol. The molecule has 140 valence electrons. The predicted octanol–water partition coefficient (Wildman–Crippen LogP) is 4.76. The second-order valence-corrected chi connectivity index (χ2v) is 6.94. The largest absolute Gasteiger partial charge is 0.363 e. The zero-order valence-corrected chi connectivity index (χ0v) is 15.7. The number of hydrogen-bond acceptors (Lipinski definition) is 3. The van der Waals surface area contributed by atoms with E-state index in [9.17, 15) is 9.18 Å². The monoisotopic (exact) mass is 393 g/mol. The molecule has 3 aromatic carbocycles. The van der Waals surface area contributed by atoms with E-state index in [2.05, 4.69) is 15.4 Å². The van der Waals surface area contributed by atoms with Crippen LogP contribution in [0.5, 0.6) is 0 Å². The smallest absolute Gasteiger partial charge is 0.271 e. The molecule has 0 radical (unpaired) electrons. The van der Waals surface area contributed by atoms with Gasteiger partial charge in [-0.05, 0) is 53.6 Å². The summed E-state index contributed by atoms with van der Waals surface area (Å²) in [5.74, 6) is -0.539. The summed E-state index contributed by atoms with van der Waals surface area (Å²) in [6.45, 7) is 1.40. The van der Waals surface area contributed by atoms with Crippen molar-refractivity contribution in [3.05, 3.63) is 99.8 Å². The summed E-state index contributed by atoms with van der Waals surface area (Å²) >= 11 is 6.06. The van der Waals surface area contributed by atoms with Crippen molar-refractivity contribution in [1.29, 1.82) is 0 Å². The van der Waals surface area contributed by atoms with E-state index in [4.69, 9.17) is 11.6 Å². The quantitative estimate of drug-likeness (QED) is 0.513. The molecule has 0 unspecified atom stereocenters. The van der Waals surface area contributed by atoms with Gasteiger partial charge in [0.2, 0.25) is 0 Å². The lowest BCUT2D eigenvalue weighted by atomic mass is 10.1. The second kappa shape index (κ2) is 7.82. The van der Waals surface area contributed by atoms with E-state index in [1.165, 1.54) is 18.3 Å². The van der Waals surface area contributed by atoms with Crippen LogP contribution in [-0.2, 0) is 13.1 Å². The van der Waals surface area contributed by atoms with Gasteiger partial charge in [-0.1, -0.05) is 35.9 Å². The molecule has 1 N–H and O–H groups in total. The molecule has 0 atom stereocenters. The molecular formula is C22H17ClFN3O. The third kappa shape index (κ3) is 3.89. The molecule has 4 nitrogen and oxygen atoms in total. The zero-order chi connectivity index (χ0) is 19.5. The summed E-state index contributed by atoms with van der Waals surface area (Å²) in [7, 11) is 0. The first-order chi connectivity index (χ1) is 13.6. The molecule has 0 aliphatic carbocycles. The Bertz CT molecular complexity index is 1050. The number of anilines is 1. The van der Waals surface area contributed by atoms with Gasteiger partial charge in [-0.3, -0.25) is 4.79 Å². The molecule has 28 heavy (non-hydrogen) atoms. The standard InChI is InChI=1S/C22H17ClFN3O/c23-21-4-2-1-3-16(21)12-25-26-22(28)15-5-6-17-13-27(14-18(17)11-15)20-9-7-19(24)8-10-20/h1-12H,13-14H2,(H,26,28)/b25-12+. The molecule has 0 bridgehead atoms. The Morgan fingerprint density at radius 1 is 1.04 bits per heavy atom. The summed E-state index contributed by atoms with van der Waals surface area (Å²) in [5.41, 5.74) is 6.98. The minimum atomic E-state index is -0.286. The number of amides is 1. The van der Waals surface area contributed by atoms with Crippen molar-refractivity contribution < 1.29 is 9.18 Å². The van der Waals surface area contributed by atoms with E-state index in [0.29, 0.717) is 17.1 Å². The highest BCUT2D eigenvalue weighted by atomic mass is 35.5. The zero-order valence-electron chi connectivity index (χ0n) is 14.9. The van der Waals surface area contributed by atoms with Gasteiger partial charge < -0.3 is 4.90 Å². The lowest BCUT2D eigenvalue weighted by molar-refractivity contribution is 0.0955. The highest BCUT2D eigenvalue weighted by Gasteiger charge is 2.20. The Morgan fingerprint density at radius 3 is 2.57 bits per heavy atom. The number of hydrazone groups is 1. The topological polar surface area (TPSA) is 44.7 Å². The first-order valence-corrected chi connectivity index (χ1v) is 9.18. The van der Waals surface area contributed by atoms with Crippen molar-refractivity contribution in [3.8, 4) is 0 Å². The first kappa shape index (κ1) is 18.2. The molecule has 0 fully saturated rings. The van der Waals surface area contributed by atoms with Crippen molar-refractivity contribution in [2.24, 2.45) is 5.10 Å². The molecule has 3 aromatic rings. The average molecular weight is 394 g/mol. The number of benzene rings is 3. The fourth-order valence-electron chi connectivity index (χ4n) is 3.18. The first-order valence-electron chi connectivity index (χ1n) is 8.80. The maximum absolute atomic E-state index is 13.1. The van der Waals surface area contributed by atoms with E-state index in [1.54, 1.807) is 24.3 Å². The summed E-state index contributed by atoms with van der Waals surface area (Å²) < 4.78 is 13.1. The molecule has 0 saturated carbocycles. The number of hydrogen-bond donors (Lipinski definition) is 1. The fraction of sp³-hybridized carbons (Fsp3) is 0.0909. The molecule has 0 aromatic heterocycles. The SMILES string of the molecule is O=C(N/N=C/c1ccccc1Cl)c1ccc2c(c1)CN(c1ccc(F)cc1)C2. The van der Waals surface area contributed by atoms with Gasteiger partial charge in [0.05, 0.1) is 6.21 Å². The van der Waals surface area contributed by atoms with Gasteiger partial charge in [-0.15, -0.1) is 0 Å². The Balaban J connectivity index is 1.44. The van der Waals surface area contributed by atoms with Gasteiger partial charge in [-0.2, -0.15) is 5.10 Å². The van der Waals surface area contributed by atoms with Crippen LogP contribution >= 0.6 is 11.6 Å². The van der Waals surface area contributed by atoms with Crippen LogP contribution in [0.2, 0.25) is 5.02 Å². The van der Waals surface area contributed by atoms with E-state index in [0.717, 1.165) is 28.9 Å². The van der Waals surface area contributed by atoms with Crippen LogP contribution in [0.15, 0.2) is 71.8 Å². The summed E-state index contributed by atoms with van der Waals surface area (Å²) in [6, 6.07) is 19.3. The van der Waals surface area contributed by atoms with E-state index in [-0.39, 0.29) is 11.7 Å². The average Bonchev–Trinajstić information content (AvgIpc) is 3.13. The van der Waals surface area contributed by atoms with Gasteiger partial charge in [0.1, 0.15) is 5.82 Å². The molecule has 6 heteroatoms. The molecule has 0 saturated heterocycles. The van der Waals surface area contributed by atoms with Crippen LogP contribution in [-0.4, -0.2) is 12.1 Å². The fourth-order valence-corrected chi connectivity index (χ4v) is 3.36. The number of rotatable bonds is 4. The highest BCUT2D eigenvalue weighted by Crippen LogP contribution is 2.29. The predicted molar refractivity (Wildman–Crippen MR) is 109 cm³/mol. The number of nitrogens with zero attached hydrogens (tertiary/aromatic N) is 2. The maximum atomic E-state index is 13.1. The van der Waals surface area contributed by atoms with Crippen LogP contribution in [0, 0.1) is 5.82 Å². The molecule has 1 aliphatic heterocycles. The maximum Gasteiger partial charge on any atom is 0.271 e. The Labute approximate surface area is 167 Å². The van der Waals surface area contributed by atoms with Gasteiger partial charge >= 0.3 is 0 Å². The number of carbonyl (C=O) groups excluding carboxylic acids is 1. The van der Waals surface area contributed by atoms with Gasteiger partial charge in [0.15, 0.2) is 0 Å². The van der Waals surface area contributed by atoms with Crippen LogP contribution in [0.25, 0.3) is 0 Å². The van der Waals surface area contributed by atoms with Crippen molar-refractivity contribution in [1.82, 2.24) is 5.43 Å². The lowest BCUT2D eigenvalue weighted by Crippen LogP contribution is -2.18. The number of halogens is 2. The Hall–Kier alpha value is -3.18. The number of nitrogens with one attached hydrogen (secondary N) is 1. The second-order valence-electron chi connectivity index (χ2n) is 6.54. The van der Waals surface area contributed by atoms with Crippen LogP contribution in [0.4, 0.5) is 10.1 Å². The molecule has 1 heterocycles. The summed E-state index contributed by atoms with van der Waals surface area (Å²) in [4.78, 5) is 14.5. The summed E-state index contributed by atoms with van der Waals surface area (Å²) in [5, 5.41) is 4.56. The van der Waals surface area contributed by atoms with Gasteiger partial charge in [-0.25, -0.2) is 9.82 Å². The molecule has 1 amide bonds. The van der Waals surface area contributed by atoms with Crippen LogP contribution in [0.3, 0.4) is 0 Å². The number of carbonyl (C=O) groups is 1. The highest BCUT2D eigenvalue weighted by molar-refractivity contribution is 6.33. The van der Waals surface area contributed by atoms with E-state index < -0.39 is 0 Å². The minimum absolute atomic E-state index is 0.253. The molecule has 0 spiro atoms. The Morgan fingerprint density at radius 2 is 1.79 bits per heavy atom. The van der Waals surface area contributed by atoms with Crippen LogP contribution < -0.4 is 10.3 Å². The summed E-state index contributed by atoms with van der Waals surface area (Å²) in [6.07, 6.45) is 1.52.